The number of rotatable bonds is 7. The Kier molecular flexibility index (Phi) is 6.92. The smallest absolute Gasteiger partial charge is 0.338 e. The van der Waals surface area contributed by atoms with E-state index in [1.807, 2.05) is 0 Å². The van der Waals surface area contributed by atoms with Crippen LogP contribution in [-0.2, 0) is 19.6 Å². The summed E-state index contributed by atoms with van der Waals surface area (Å²) in [6.07, 6.45) is -0.949. The Bertz CT molecular complexity index is 696. The Labute approximate surface area is 143 Å². The molecule has 0 N–H and O–H groups in total. The second kappa shape index (κ2) is 8.25. The molecule has 134 valence electrons. The molecule has 1 rings (SSSR count). The van der Waals surface area contributed by atoms with Gasteiger partial charge in [-0.3, -0.25) is 4.79 Å². The summed E-state index contributed by atoms with van der Waals surface area (Å²) >= 11 is 0. The lowest BCUT2D eigenvalue weighted by atomic mass is 10.2. The zero-order valence-electron chi connectivity index (χ0n) is 14.6. The summed E-state index contributed by atoms with van der Waals surface area (Å²) in [5, 5.41) is 0. The number of hydrogen-bond acceptors (Lipinski definition) is 5. The number of sulfonamides is 1. The summed E-state index contributed by atoms with van der Waals surface area (Å²) in [7, 11) is -0.546. The predicted octanol–water partition coefficient (Wildman–Crippen LogP) is 1.35. The lowest BCUT2D eigenvalue weighted by molar-refractivity contribution is -0.137. The van der Waals surface area contributed by atoms with Crippen molar-refractivity contribution >= 4 is 21.9 Å². The van der Waals surface area contributed by atoms with E-state index < -0.39 is 22.1 Å². The van der Waals surface area contributed by atoms with Crippen LogP contribution >= 0.6 is 0 Å². The zero-order chi connectivity index (χ0) is 18.5. The quantitative estimate of drug-likeness (QED) is 0.689. The molecule has 24 heavy (non-hydrogen) atoms. The highest BCUT2D eigenvalue weighted by Gasteiger charge is 2.24. The Morgan fingerprint density at radius 3 is 2.25 bits per heavy atom. The third-order valence-corrected chi connectivity index (χ3v) is 5.53. The summed E-state index contributed by atoms with van der Waals surface area (Å²) in [6, 6.07) is 5.63. The van der Waals surface area contributed by atoms with E-state index in [-0.39, 0.29) is 16.4 Å². The molecule has 0 saturated heterocycles. The molecule has 1 unspecified atom stereocenters. The van der Waals surface area contributed by atoms with Crippen LogP contribution < -0.4 is 0 Å². The van der Waals surface area contributed by atoms with Crippen molar-refractivity contribution in [1.82, 2.24) is 9.21 Å². The van der Waals surface area contributed by atoms with Crippen LogP contribution in [0, 0.1) is 0 Å². The van der Waals surface area contributed by atoms with Gasteiger partial charge in [0, 0.05) is 27.2 Å². The summed E-state index contributed by atoms with van der Waals surface area (Å²) < 4.78 is 31.4. The largest absolute Gasteiger partial charge is 0.449 e. The molecule has 0 fully saturated rings. The minimum Gasteiger partial charge on any atom is -0.449 e. The first kappa shape index (κ1) is 20.1. The third kappa shape index (κ3) is 4.55. The number of amides is 1. The van der Waals surface area contributed by atoms with Crippen LogP contribution in [0.1, 0.15) is 31.1 Å². The van der Waals surface area contributed by atoms with Crippen LogP contribution in [0.2, 0.25) is 0 Å². The van der Waals surface area contributed by atoms with Gasteiger partial charge < -0.3 is 9.64 Å². The molecule has 1 aromatic carbocycles. The maximum Gasteiger partial charge on any atom is 0.338 e. The van der Waals surface area contributed by atoms with E-state index in [9.17, 15) is 18.0 Å². The van der Waals surface area contributed by atoms with E-state index in [0.717, 1.165) is 0 Å². The van der Waals surface area contributed by atoms with Gasteiger partial charge >= 0.3 is 5.97 Å². The van der Waals surface area contributed by atoms with Crippen molar-refractivity contribution in [2.75, 3.05) is 27.2 Å². The fourth-order valence-electron chi connectivity index (χ4n) is 2.14. The van der Waals surface area contributed by atoms with Crippen LogP contribution in [-0.4, -0.2) is 62.8 Å². The number of benzene rings is 1. The Morgan fingerprint density at radius 2 is 1.75 bits per heavy atom. The molecule has 1 amide bonds. The van der Waals surface area contributed by atoms with Crippen molar-refractivity contribution in [3.05, 3.63) is 29.8 Å². The second-order valence-electron chi connectivity index (χ2n) is 5.40. The van der Waals surface area contributed by atoms with Gasteiger partial charge in [0.1, 0.15) is 0 Å². The van der Waals surface area contributed by atoms with E-state index in [1.165, 1.54) is 40.4 Å². The monoisotopic (exact) mass is 356 g/mol. The molecule has 8 heteroatoms. The van der Waals surface area contributed by atoms with Gasteiger partial charge in [-0.05, 0) is 25.1 Å². The minimum absolute atomic E-state index is 0.0206. The van der Waals surface area contributed by atoms with Gasteiger partial charge in [-0.1, -0.05) is 19.9 Å². The van der Waals surface area contributed by atoms with E-state index >= 15 is 0 Å². The first-order valence-electron chi connectivity index (χ1n) is 7.67. The topological polar surface area (TPSA) is 84.0 Å². The highest BCUT2D eigenvalue weighted by atomic mass is 32.2. The fraction of sp³-hybridized carbons (Fsp3) is 0.500. The van der Waals surface area contributed by atoms with Crippen LogP contribution in [0.4, 0.5) is 0 Å². The van der Waals surface area contributed by atoms with Crippen LogP contribution in [0.25, 0.3) is 0 Å². The van der Waals surface area contributed by atoms with E-state index in [1.54, 1.807) is 27.9 Å². The molecular formula is C16H24N2O5S. The second-order valence-corrected chi connectivity index (χ2v) is 7.34. The first-order valence-corrected chi connectivity index (χ1v) is 9.11. The van der Waals surface area contributed by atoms with Gasteiger partial charge in [0.25, 0.3) is 5.91 Å². The Balaban J connectivity index is 3.04. The molecule has 1 atom stereocenters. The number of carbonyl (C=O) groups excluding carboxylic acids is 2. The molecule has 0 saturated carbocycles. The van der Waals surface area contributed by atoms with E-state index in [4.69, 9.17) is 4.74 Å². The molecule has 0 aliphatic rings. The van der Waals surface area contributed by atoms with Crippen molar-refractivity contribution in [2.45, 2.75) is 31.8 Å². The number of hydrogen-bond donors (Lipinski definition) is 0. The summed E-state index contributed by atoms with van der Waals surface area (Å²) in [5.74, 6) is -1.09. The van der Waals surface area contributed by atoms with Crippen molar-refractivity contribution in [3.63, 3.8) is 0 Å². The van der Waals surface area contributed by atoms with Gasteiger partial charge in [0.05, 0.1) is 10.5 Å². The van der Waals surface area contributed by atoms with Crippen molar-refractivity contribution in [2.24, 2.45) is 0 Å². The number of esters is 1. The van der Waals surface area contributed by atoms with Crippen molar-refractivity contribution < 1.29 is 22.7 Å². The third-order valence-electron chi connectivity index (χ3n) is 3.49. The maximum atomic E-state index is 12.5. The molecule has 1 aromatic rings. The molecule has 7 nitrogen and oxygen atoms in total. The molecular weight excluding hydrogens is 332 g/mol. The highest BCUT2D eigenvalue weighted by molar-refractivity contribution is 7.89. The molecule has 0 aliphatic heterocycles. The fourth-order valence-corrected chi connectivity index (χ4v) is 3.64. The predicted molar refractivity (Wildman–Crippen MR) is 90.1 cm³/mol. The van der Waals surface area contributed by atoms with Gasteiger partial charge in [-0.2, -0.15) is 4.31 Å². The van der Waals surface area contributed by atoms with Gasteiger partial charge in [0.15, 0.2) is 6.10 Å². The Morgan fingerprint density at radius 1 is 1.17 bits per heavy atom. The number of ether oxygens (including phenoxy) is 1. The normalized spacial score (nSPS) is 12.8. The van der Waals surface area contributed by atoms with Gasteiger partial charge in [-0.15, -0.1) is 0 Å². The van der Waals surface area contributed by atoms with E-state index in [2.05, 4.69) is 0 Å². The van der Waals surface area contributed by atoms with Gasteiger partial charge in [-0.25, -0.2) is 13.2 Å². The highest BCUT2D eigenvalue weighted by Crippen LogP contribution is 2.18. The van der Waals surface area contributed by atoms with Gasteiger partial charge in [0.2, 0.25) is 10.0 Å². The summed E-state index contributed by atoms with van der Waals surface area (Å²) in [5.41, 5.74) is 0.0848. The summed E-state index contributed by atoms with van der Waals surface area (Å²) in [6.45, 7) is 5.63. The summed E-state index contributed by atoms with van der Waals surface area (Å²) in [4.78, 5) is 25.3. The van der Waals surface area contributed by atoms with Crippen molar-refractivity contribution in [3.8, 4) is 0 Å². The number of carbonyl (C=O) groups is 2. The SMILES string of the molecule is CCN(CC)S(=O)(=O)c1cccc(C(=O)OC(C)C(=O)N(C)C)c1. The molecule has 0 spiro atoms. The lowest BCUT2D eigenvalue weighted by Crippen LogP contribution is -2.35. The minimum atomic E-state index is -3.67. The number of likely N-dealkylation sites (N-methyl/N-ethyl adjacent to an activating group) is 1. The molecule has 0 bridgehead atoms. The number of nitrogens with zero attached hydrogens (tertiary/aromatic N) is 2. The maximum absolute atomic E-state index is 12.5. The standard InChI is InChI=1S/C16H24N2O5S/c1-6-18(7-2)24(21,22)14-10-8-9-13(11-14)16(20)23-12(3)15(19)17(4)5/h8-12H,6-7H2,1-5H3. The van der Waals surface area contributed by atoms with Crippen LogP contribution in [0.5, 0.6) is 0 Å². The molecule has 0 heterocycles. The zero-order valence-corrected chi connectivity index (χ0v) is 15.5. The van der Waals surface area contributed by atoms with E-state index in [0.29, 0.717) is 13.1 Å². The van der Waals surface area contributed by atoms with Crippen molar-refractivity contribution in [1.29, 1.82) is 0 Å². The lowest BCUT2D eigenvalue weighted by Gasteiger charge is -2.19. The average Bonchev–Trinajstić information content (AvgIpc) is 2.54. The average molecular weight is 356 g/mol. The molecule has 0 aromatic heterocycles. The first-order chi connectivity index (χ1) is 11.1. The molecule has 0 radical (unpaired) electrons. The Hall–Kier alpha value is -1.93. The van der Waals surface area contributed by atoms with Crippen LogP contribution in [0.3, 0.4) is 0 Å². The molecule has 0 aliphatic carbocycles. The van der Waals surface area contributed by atoms with Crippen LogP contribution in [0.15, 0.2) is 29.2 Å².